The molecule has 0 amide bonds. The van der Waals surface area contributed by atoms with Crippen LogP contribution in [0, 0.1) is 0 Å². The molecule has 14 heteroatoms. The SMILES string of the molecule is CCCCCCCCCCCCCOCCOCCOCCOCCOCCOCCOCCOCCOCCOCCOCCOCCOCCCl. The third-order valence-electron chi connectivity index (χ3n) is 7.58. The molecule has 0 unspecified atom stereocenters. The van der Waals surface area contributed by atoms with Crippen LogP contribution in [0.25, 0.3) is 0 Å². The van der Waals surface area contributed by atoms with Gasteiger partial charge in [-0.25, -0.2) is 0 Å². The molecule has 0 saturated heterocycles. The first-order valence-electron chi connectivity index (χ1n) is 20.5. The normalized spacial score (nSPS) is 11.7. The molecule has 53 heavy (non-hydrogen) atoms. The Morgan fingerprint density at radius 2 is 0.377 bits per heavy atom. The van der Waals surface area contributed by atoms with Crippen LogP contribution >= 0.6 is 11.6 Å². The minimum Gasteiger partial charge on any atom is -0.379 e. The molecule has 0 fully saturated rings. The summed E-state index contributed by atoms with van der Waals surface area (Å²) >= 11 is 5.52. The van der Waals surface area contributed by atoms with E-state index in [4.69, 9.17) is 73.2 Å². The maximum absolute atomic E-state index is 5.66. The van der Waals surface area contributed by atoms with E-state index in [-0.39, 0.29) is 0 Å². The van der Waals surface area contributed by atoms with Crippen molar-refractivity contribution >= 4 is 11.6 Å². The average Bonchev–Trinajstić information content (AvgIpc) is 3.17. The first kappa shape index (κ1) is 52.8. The fourth-order valence-electron chi connectivity index (χ4n) is 4.66. The third kappa shape index (κ3) is 51.8. The van der Waals surface area contributed by atoms with Crippen molar-refractivity contribution in [3.8, 4) is 0 Å². The minimum absolute atomic E-state index is 0.498. The van der Waals surface area contributed by atoms with Crippen LogP contribution in [0.1, 0.15) is 77.6 Å². The molecule has 0 aromatic rings. The molecule has 0 aliphatic rings. The van der Waals surface area contributed by atoms with Crippen LogP contribution in [0.15, 0.2) is 0 Å². The maximum atomic E-state index is 5.66. The Morgan fingerprint density at radius 1 is 0.208 bits per heavy atom. The van der Waals surface area contributed by atoms with Gasteiger partial charge >= 0.3 is 0 Å². The predicted octanol–water partition coefficient (Wildman–Crippen LogP) is 5.75. The molecule has 0 radical (unpaired) electrons. The smallest absolute Gasteiger partial charge is 0.0701 e. The van der Waals surface area contributed by atoms with E-state index >= 15 is 0 Å². The second-order valence-electron chi connectivity index (χ2n) is 12.2. The summed E-state index contributed by atoms with van der Waals surface area (Å²) in [6.45, 7) is 16.5. The van der Waals surface area contributed by atoms with E-state index in [9.17, 15) is 0 Å². The number of halogens is 1. The van der Waals surface area contributed by atoms with Crippen LogP contribution in [0.2, 0.25) is 0 Å². The standard InChI is InChI=1S/C39H79ClO13/c1-2-3-4-5-6-7-8-9-10-11-12-14-41-16-18-43-20-22-45-24-26-47-28-30-49-32-34-51-36-38-53-39-37-52-35-33-50-31-29-48-27-25-46-23-21-44-19-17-42-15-13-40/h2-39H2,1H3. The Kier molecular flexibility index (Phi) is 51.5. The van der Waals surface area contributed by atoms with Crippen molar-refractivity contribution in [2.75, 3.05) is 178 Å². The van der Waals surface area contributed by atoms with Gasteiger partial charge in [0.1, 0.15) is 0 Å². The van der Waals surface area contributed by atoms with Crippen molar-refractivity contribution < 1.29 is 61.6 Å². The molecule has 0 aliphatic carbocycles. The zero-order chi connectivity index (χ0) is 38.1. The molecule has 0 aromatic carbocycles. The van der Waals surface area contributed by atoms with Gasteiger partial charge < -0.3 is 61.6 Å². The zero-order valence-corrected chi connectivity index (χ0v) is 34.3. The molecule has 13 nitrogen and oxygen atoms in total. The number of unbranched alkanes of at least 4 members (excludes halogenated alkanes) is 10. The van der Waals surface area contributed by atoms with Gasteiger partial charge in [-0.15, -0.1) is 11.6 Å². The van der Waals surface area contributed by atoms with Gasteiger partial charge in [0.2, 0.25) is 0 Å². The lowest BCUT2D eigenvalue weighted by atomic mass is 10.1. The summed E-state index contributed by atoms with van der Waals surface area (Å²) in [6.07, 6.45) is 14.9. The van der Waals surface area contributed by atoms with Crippen molar-refractivity contribution in [2.45, 2.75) is 77.6 Å². The first-order valence-corrected chi connectivity index (χ1v) is 21.0. The second-order valence-corrected chi connectivity index (χ2v) is 12.6. The van der Waals surface area contributed by atoms with Gasteiger partial charge in [-0.1, -0.05) is 71.1 Å². The van der Waals surface area contributed by atoms with Gasteiger partial charge in [-0.05, 0) is 6.42 Å². The number of alkyl halides is 1. The Bertz CT molecular complexity index is 578. The quantitative estimate of drug-likeness (QED) is 0.0550. The van der Waals surface area contributed by atoms with E-state index < -0.39 is 0 Å². The van der Waals surface area contributed by atoms with Gasteiger partial charge in [-0.2, -0.15) is 0 Å². The summed E-state index contributed by atoms with van der Waals surface area (Å²) in [6, 6.07) is 0. The molecule has 0 N–H and O–H groups in total. The molecule has 0 aliphatic heterocycles. The van der Waals surface area contributed by atoms with Crippen LogP contribution in [-0.2, 0) is 61.6 Å². The van der Waals surface area contributed by atoms with Crippen molar-refractivity contribution in [2.24, 2.45) is 0 Å². The molecular weight excluding hydrogens is 712 g/mol. The lowest BCUT2D eigenvalue weighted by Crippen LogP contribution is -2.15. The van der Waals surface area contributed by atoms with Gasteiger partial charge in [0, 0.05) is 12.5 Å². The predicted molar refractivity (Wildman–Crippen MR) is 208 cm³/mol. The first-order chi connectivity index (χ1) is 26.4. The summed E-state index contributed by atoms with van der Waals surface area (Å²) in [7, 11) is 0. The summed E-state index contributed by atoms with van der Waals surface area (Å²) < 4.78 is 71.2. The van der Waals surface area contributed by atoms with E-state index in [1.54, 1.807) is 0 Å². The monoisotopic (exact) mass is 791 g/mol. The lowest BCUT2D eigenvalue weighted by Gasteiger charge is -2.09. The van der Waals surface area contributed by atoms with Gasteiger partial charge in [0.15, 0.2) is 0 Å². The molecule has 0 atom stereocenters. The third-order valence-corrected chi connectivity index (χ3v) is 7.73. The molecular formula is C39H79ClO13. The lowest BCUT2D eigenvalue weighted by molar-refractivity contribution is -0.0289. The molecule has 0 spiro atoms. The van der Waals surface area contributed by atoms with Gasteiger partial charge in [0.25, 0.3) is 0 Å². The van der Waals surface area contributed by atoms with Crippen molar-refractivity contribution in [3.05, 3.63) is 0 Å². The molecule has 0 rings (SSSR count). The van der Waals surface area contributed by atoms with E-state index in [0.29, 0.717) is 171 Å². The summed E-state index contributed by atoms with van der Waals surface area (Å²) in [5.74, 6) is 0.498. The largest absolute Gasteiger partial charge is 0.379 e. The summed E-state index contributed by atoms with van der Waals surface area (Å²) in [5, 5.41) is 0. The summed E-state index contributed by atoms with van der Waals surface area (Å²) in [4.78, 5) is 0. The van der Waals surface area contributed by atoms with Gasteiger partial charge in [-0.3, -0.25) is 0 Å². The van der Waals surface area contributed by atoms with Crippen molar-refractivity contribution in [1.29, 1.82) is 0 Å². The molecule has 0 bridgehead atoms. The van der Waals surface area contributed by atoms with E-state index in [1.165, 1.54) is 64.2 Å². The van der Waals surface area contributed by atoms with E-state index in [2.05, 4.69) is 6.92 Å². The van der Waals surface area contributed by atoms with Crippen molar-refractivity contribution in [3.63, 3.8) is 0 Å². The highest BCUT2D eigenvalue weighted by molar-refractivity contribution is 6.17. The van der Waals surface area contributed by atoms with E-state index in [0.717, 1.165) is 13.0 Å². The van der Waals surface area contributed by atoms with Crippen molar-refractivity contribution in [1.82, 2.24) is 0 Å². The Balaban J connectivity index is 3.05. The summed E-state index contributed by atoms with van der Waals surface area (Å²) in [5.41, 5.74) is 0. The minimum atomic E-state index is 0.498. The molecule has 0 heterocycles. The van der Waals surface area contributed by atoms with Crippen LogP contribution < -0.4 is 0 Å². The van der Waals surface area contributed by atoms with Crippen LogP contribution in [-0.4, -0.2) is 178 Å². The molecule has 0 aromatic heterocycles. The highest BCUT2D eigenvalue weighted by atomic mass is 35.5. The Labute approximate surface area is 327 Å². The number of rotatable bonds is 50. The second kappa shape index (κ2) is 51.8. The molecule has 320 valence electrons. The number of hydrogen-bond donors (Lipinski definition) is 0. The van der Waals surface area contributed by atoms with Gasteiger partial charge in [0.05, 0.1) is 165 Å². The zero-order valence-electron chi connectivity index (χ0n) is 33.6. The Hall–Kier alpha value is -0.230. The highest BCUT2D eigenvalue weighted by Gasteiger charge is 1.98. The van der Waals surface area contributed by atoms with Crippen LogP contribution in [0.4, 0.5) is 0 Å². The fourth-order valence-corrected chi connectivity index (χ4v) is 4.77. The highest BCUT2D eigenvalue weighted by Crippen LogP contribution is 2.11. The number of hydrogen-bond acceptors (Lipinski definition) is 13. The Morgan fingerprint density at radius 3 is 0.585 bits per heavy atom. The molecule has 0 saturated carbocycles. The average molecular weight is 792 g/mol. The fraction of sp³-hybridized carbons (Fsp3) is 1.00. The van der Waals surface area contributed by atoms with Crippen LogP contribution in [0.5, 0.6) is 0 Å². The van der Waals surface area contributed by atoms with E-state index in [1.807, 2.05) is 0 Å². The van der Waals surface area contributed by atoms with Crippen LogP contribution in [0.3, 0.4) is 0 Å². The topological polar surface area (TPSA) is 120 Å². The number of ether oxygens (including phenoxy) is 13. The maximum Gasteiger partial charge on any atom is 0.0701 e.